The molecular weight excluding hydrogens is 336 g/mol. The van der Waals surface area contributed by atoms with Crippen LogP contribution in [-0.2, 0) is 16.1 Å². The van der Waals surface area contributed by atoms with E-state index in [1.165, 1.54) is 4.90 Å². The summed E-state index contributed by atoms with van der Waals surface area (Å²) in [5, 5.41) is 0. The van der Waals surface area contributed by atoms with Crippen molar-refractivity contribution in [1.29, 1.82) is 0 Å². The van der Waals surface area contributed by atoms with Gasteiger partial charge in [-0.2, -0.15) is 0 Å². The Morgan fingerprint density at radius 2 is 1.76 bits per heavy atom. The van der Waals surface area contributed by atoms with Gasteiger partial charge in [0.2, 0.25) is 5.91 Å². The normalized spacial score (nSPS) is 17.1. The molecule has 3 rings (SSSR count). The summed E-state index contributed by atoms with van der Waals surface area (Å²) in [6.45, 7) is 4.58. The molecule has 0 N–H and O–H groups in total. The maximum Gasteiger partial charge on any atom is 0.251 e. The highest BCUT2D eigenvalue weighted by atomic mass is 35.5. The highest BCUT2D eigenvalue weighted by Gasteiger charge is 2.42. The number of rotatable bonds is 4. The first-order valence-electron chi connectivity index (χ1n) is 8.15. The highest BCUT2D eigenvalue weighted by molar-refractivity contribution is 6.22. The molecule has 0 aliphatic carbocycles. The quantitative estimate of drug-likeness (QED) is 0.785. The number of imide groups is 1. The van der Waals surface area contributed by atoms with E-state index < -0.39 is 6.04 Å². The third-order valence-electron chi connectivity index (χ3n) is 4.52. The van der Waals surface area contributed by atoms with Crippen molar-refractivity contribution in [3.05, 3.63) is 65.2 Å². The van der Waals surface area contributed by atoms with Crippen molar-refractivity contribution < 1.29 is 9.59 Å². The monoisotopic (exact) mass is 358 g/mol. The summed E-state index contributed by atoms with van der Waals surface area (Å²) >= 11 is 0. The standard InChI is InChI=1S/C20H22N2O2.ClH/c1-14-9-10-17(15(2)11-14)22-19(23)12-18(20(22)24)21(3)13-16-7-5-4-6-8-16;/h4-11,18H,12-13H2,1-3H3;1H. The van der Waals surface area contributed by atoms with Crippen molar-refractivity contribution in [2.24, 2.45) is 0 Å². The molecule has 2 aromatic carbocycles. The SMILES string of the molecule is Cc1ccc(N2C(=O)CC(N(C)Cc3ccccc3)C2=O)c(C)c1.Cl. The third kappa shape index (κ3) is 3.91. The van der Waals surface area contributed by atoms with E-state index >= 15 is 0 Å². The molecule has 0 bridgehead atoms. The lowest BCUT2D eigenvalue weighted by Crippen LogP contribution is -2.40. The smallest absolute Gasteiger partial charge is 0.251 e. The average molecular weight is 359 g/mol. The minimum atomic E-state index is -0.404. The molecule has 1 aliphatic rings. The number of anilines is 1. The summed E-state index contributed by atoms with van der Waals surface area (Å²) in [6, 6.07) is 15.4. The van der Waals surface area contributed by atoms with E-state index in [4.69, 9.17) is 0 Å². The predicted octanol–water partition coefficient (Wildman–Crippen LogP) is 3.49. The predicted molar refractivity (Wildman–Crippen MR) is 102 cm³/mol. The summed E-state index contributed by atoms with van der Waals surface area (Å²) in [4.78, 5) is 28.6. The van der Waals surface area contributed by atoms with E-state index in [0.29, 0.717) is 12.2 Å². The minimum Gasteiger partial charge on any atom is -0.290 e. The lowest BCUT2D eigenvalue weighted by atomic mass is 10.1. The van der Waals surface area contributed by atoms with Gasteiger partial charge >= 0.3 is 0 Å². The molecule has 1 fully saturated rings. The van der Waals surface area contributed by atoms with Gasteiger partial charge in [-0.1, -0.05) is 48.0 Å². The number of aryl methyl sites for hydroxylation is 2. The molecule has 4 nitrogen and oxygen atoms in total. The molecule has 1 aliphatic heterocycles. The van der Waals surface area contributed by atoms with E-state index in [2.05, 4.69) is 0 Å². The van der Waals surface area contributed by atoms with E-state index in [1.807, 2.05) is 74.3 Å². The number of carbonyl (C=O) groups is 2. The Labute approximate surface area is 154 Å². The van der Waals surface area contributed by atoms with Crippen LogP contribution in [0.5, 0.6) is 0 Å². The first-order chi connectivity index (χ1) is 11.5. The van der Waals surface area contributed by atoms with Crippen LogP contribution in [0.1, 0.15) is 23.1 Å². The molecule has 25 heavy (non-hydrogen) atoms. The molecule has 1 heterocycles. The van der Waals surface area contributed by atoms with Gasteiger partial charge in [-0.05, 0) is 38.1 Å². The van der Waals surface area contributed by atoms with Gasteiger partial charge in [-0.25, -0.2) is 4.90 Å². The van der Waals surface area contributed by atoms with Crippen molar-refractivity contribution >= 4 is 29.9 Å². The zero-order valence-electron chi connectivity index (χ0n) is 14.7. The van der Waals surface area contributed by atoms with Gasteiger partial charge in [0.25, 0.3) is 5.91 Å². The number of amides is 2. The van der Waals surface area contributed by atoms with Gasteiger partial charge < -0.3 is 0 Å². The summed E-state index contributed by atoms with van der Waals surface area (Å²) in [5.74, 6) is -0.262. The van der Waals surface area contributed by atoms with Crippen LogP contribution in [0.2, 0.25) is 0 Å². The number of nitrogens with zero attached hydrogens (tertiary/aromatic N) is 2. The number of hydrogen-bond donors (Lipinski definition) is 0. The Morgan fingerprint density at radius 3 is 2.40 bits per heavy atom. The maximum absolute atomic E-state index is 12.8. The van der Waals surface area contributed by atoms with E-state index in [-0.39, 0.29) is 30.6 Å². The number of halogens is 1. The highest BCUT2D eigenvalue weighted by Crippen LogP contribution is 2.29. The molecular formula is C20H23ClN2O2. The van der Waals surface area contributed by atoms with Crippen LogP contribution in [0.25, 0.3) is 0 Å². The fourth-order valence-corrected chi connectivity index (χ4v) is 3.25. The Morgan fingerprint density at radius 1 is 1.08 bits per heavy atom. The Bertz CT molecular complexity index is 777. The van der Waals surface area contributed by atoms with Gasteiger partial charge in [-0.3, -0.25) is 14.5 Å². The van der Waals surface area contributed by atoms with Crippen LogP contribution in [-0.4, -0.2) is 29.8 Å². The molecule has 0 aromatic heterocycles. The van der Waals surface area contributed by atoms with Crippen molar-refractivity contribution in [3.63, 3.8) is 0 Å². The molecule has 5 heteroatoms. The fraction of sp³-hybridized carbons (Fsp3) is 0.300. The van der Waals surface area contributed by atoms with Gasteiger partial charge in [-0.15, -0.1) is 12.4 Å². The Hall–Kier alpha value is -2.17. The fourth-order valence-electron chi connectivity index (χ4n) is 3.25. The molecule has 2 amide bonds. The molecule has 1 unspecified atom stereocenters. The lowest BCUT2D eigenvalue weighted by molar-refractivity contribution is -0.122. The number of benzene rings is 2. The van der Waals surface area contributed by atoms with Crippen molar-refractivity contribution in [2.45, 2.75) is 32.9 Å². The minimum absolute atomic E-state index is 0. The third-order valence-corrected chi connectivity index (χ3v) is 4.52. The molecule has 0 spiro atoms. The zero-order chi connectivity index (χ0) is 17.3. The number of likely N-dealkylation sites (N-methyl/N-ethyl adjacent to an activating group) is 1. The first-order valence-corrected chi connectivity index (χ1v) is 8.15. The maximum atomic E-state index is 12.8. The summed E-state index contributed by atoms with van der Waals surface area (Å²) in [7, 11) is 1.90. The Balaban J connectivity index is 0.00000225. The zero-order valence-corrected chi connectivity index (χ0v) is 15.5. The summed E-state index contributed by atoms with van der Waals surface area (Å²) in [5.41, 5.74) is 3.90. The van der Waals surface area contributed by atoms with Crippen LogP contribution in [0.4, 0.5) is 5.69 Å². The molecule has 1 atom stereocenters. The van der Waals surface area contributed by atoms with E-state index in [9.17, 15) is 9.59 Å². The van der Waals surface area contributed by atoms with Gasteiger partial charge in [0.05, 0.1) is 18.2 Å². The second-order valence-electron chi connectivity index (χ2n) is 6.48. The van der Waals surface area contributed by atoms with Crippen LogP contribution >= 0.6 is 12.4 Å². The van der Waals surface area contributed by atoms with Gasteiger partial charge in [0, 0.05) is 6.54 Å². The molecule has 0 radical (unpaired) electrons. The van der Waals surface area contributed by atoms with Crippen molar-refractivity contribution in [2.75, 3.05) is 11.9 Å². The van der Waals surface area contributed by atoms with E-state index in [1.54, 1.807) is 0 Å². The molecule has 2 aromatic rings. The van der Waals surface area contributed by atoms with Crippen LogP contribution in [0.15, 0.2) is 48.5 Å². The molecule has 132 valence electrons. The van der Waals surface area contributed by atoms with Crippen molar-refractivity contribution in [3.8, 4) is 0 Å². The van der Waals surface area contributed by atoms with Gasteiger partial charge in [0.15, 0.2) is 0 Å². The molecule has 0 saturated carbocycles. The average Bonchev–Trinajstić information content (AvgIpc) is 2.84. The van der Waals surface area contributed by atoms with E-state index in [0.717, 1.165) is 16.7 Å². The van der Waals surface area contributed by atoms with Crippen LogP contribution in [0, 0.1) is 13.8 Å². The topological polar surface area (TPSA) is 40.6 Å². The molecule has 1 saturated heterocycles. The summed E-state index contributed by atoms with van der Waals surface area (Å²) in [6.07, 6.45) is 0.232. The second-order valence-corrected chi connectivity index (χ2v) is 6.48. The Kier molecular flexibility index (Phi) is 5.98. The first kappa shape index (κ1) is 19.2. The van der Waals surface area contributed by atoms with Gasteiger partial charge in [0.1, 0.15) is 0 Å². The lowest BCUT2D eigenvalue weighted by Gasteiger charge is -2.23. The number of hydrogen-bond acceptors (Lipinski definition) is 3. The number of carbonyl (C=O) groups excluding carboxylic acids is 2. The second kappa shape index (κ2) is 7.81. The van der Waals surface area contributed by atoms with Crippen LogP contribution in [0.3, 0.4) is 0 Å². The van der Waals surface area contributed by atoms with Crippen LogP contribution < -0.4 is 4.90 Å². The van der Waals surface area contributed by atoms with Crippen molar-refractivity contribution in [1.82, 2.24) is 4.90 Å². The summed E-state index contributed by atoms with van der Waals surface area (Å²) < 4.78 is 0. The largest absolute Gasteiger partial charge is 0.290 e.